The number of benzene rings is 2. The van der Waals surface area contributed by atoms with E-state index in [1.807, 2.05) is 44.4 Å². The molecule has 0 spiro atoms. The van der Waals surface area contributed by atoms with E-state index in [2.05, 4.69) is 44.8 Å². The van der Waals surface area contributed by atoms with Gasteiger partial charge in [-0.2, -0.15) is 0 Å². The number of likely N-dealkylation sites (N-methyl/N-ethyl adjacent to an activating group) is 1. The van der Waals surface area contributed by atoms with E-state index in [1.165, 1.54) is 15.6 Å². The summed E-state index contributed by atoms with van der Waals surface area (Å²) < 4.78 is 1.27. The SMILES string of the molecule is CN(C)[C@@H](CNC(=O)c1cc2ccccc2[nH]1)c1csc2ccccc12. The number of aromatic nitrogens is 1. The van der Waals surface area contributed by atoms with Gasteiger partial charge in [0.2, 0.25) is 0 Å². The fourth-order valence-corrected chi connectivity index (χ4v) is 4.32. The smallest absolute Gasteiger partial charge is 0.267 e. The molecule has 4 aromatic rings. The maximum absolute atomic E-state index is 12.6. The third-order valence-electron chi connectivity index (χ3n) is 4.72. The van der Waals surface area contributed by atoms with Gasteiger partial charge in [-0.1, -0.05) is 36.4 Å². The lowest BCUT2D eigenvalue weighted by Crippen LogP contribution is -2.34. The fourth-order valence-electron chi connectivity index (χ4n) is 3.31. The van der Waals surface area contributed by atoms with Crippen LogP contribution < -0.4 is 5.32 Å². The average molecular weight is 363 g/mol. The van der Waals surface area contributed by atoms with Gasteiger partial charge in [-0.3, -0.25) is 4.79 Å². The van der Waals surface area contributed by atoms with E-state index in [0.29, 0.717) is 12.2 Å². The van der Waals surface area contributed by atoms with Crippen LogP contribution in [0.1, 0.15) is 22.1 Å². The number of nitrogens with zero attached hydrogens (tertiary/aromatic N) is 1. The van der Waals surface area contributed by atoms with Crippen LogP contribution in [0.4, 0.5) is 0 Å². The molecule has 0 fully saturated rings. The van der Waals surface area contributed by atoms with Gasteiger partial charge in [0.05, 0.1) is 6.04 Å². The number of nitrogens with one attached hydrogen (secondary N) is 2. The number of para-hydroxylation sites is 1. The van der Waals surface area contributed by atoms with Crippen molar-refractivity contribution in [3.63, 3.8) is 0 Å². The molecule has 1 atom stereocenters. The van der Waals surface area contributed by atoms with Crippen LogP contribution in [-0.2, 0) is 0 Å². The minimum absolute atomic E-state index is 0.0763. The predicted octanol–water partition coefficient (Wildman–Crippen LogP) is 4.42. The van der Waals surface area contributed by atoms with Crippen LogP contribution in [0.3, 0.4) is 0 Å². The Kier molecular flexibility index (Phi) is 4.49. The Morgan fingerprint density at radius 2 is 1.92 bits per heavy atom. The van der Waals surface area contributed by atoms with Crippen molar-refractivity contribution < 1.29 is 4.79 Å². The molecule has 1 amide bonds. The Hall–Kier alpha value is -2.63. The lowest BCUT2D eigenvalue weighted by atomic mass is 10.0. The van der Waals surface area contributed by atoms with E-state index in [0.717, 1.165) is 10.9 Å². The molecule has 0 unspecified atom stereocenters. The van der Waals surface area contributed by atoms with Crippen LogP contribution >= 0.6 is 11.3 Å². The zero-order valence-electron chi connectivity index (χ0n) is 14.8. The van der Waals surface area contributed by atoms with Crippen LogP contribution in [-0.4, -0.2) is 36.4 Å². The van der Waals surface area contributed by atoms with Crippen LogP contribution in [0.25, 0.3) is 21.0 Å². The van der Waals surface area contributed by atoms with Crippen molar-refractivity contribution in [1.82, 2.24) is 15.2 Å². The van der Waals surface area contributed by atoms with E-state index < -0.39 is 0 Å². The van der Waals surface area contributed by atoms with Gasteiger partial charge in [0, 0.05) is 22.1 Å². The van der Waals surface area contributed by atoms with Gasteiger partial charge < -0.3 is 15.2 Å². The quantitative estimate of drug-likeness (QED) is 0.552. The summed E-state index contributed by atoms with van der Waals surface area (Å²) in [6.45, 7) is 0.557. The highest BCUT2D eigenvalue weighted by molar-refractivity contribution is 7.17. The number of amides is 1. The number of H-pyrrole nitrogens is 1. The first-order chi connectivity index (χ1) is 12.6. The van der Waals surface area contributed by atoms with Crippen molar-refractivity contribution in [2.75, 3.05) is 20.6 Å². The molecule has 4 nitrogen and oxygen atoms in total. The number of hydrogen-bond donors (Lipinski definition) is 2. The van der Waals surface area contributed by atoms with Crippen molar-refractivity contribution in [2.45, 2.75) is 6.04 Å². The van der Waals surface area contributed by atoms with Gasteiger partial charge in [-0.05, 0) is 48.6 Å². The Bertz CT molecular complexity index is 1030. The number of carbonyl (C=O) groups is 1. The van der Waals surface area contributed by atoms with Gasteiger partial charge in [-0.25, -0.2) is 0 Å². The number of thiophene rings is 1. The molecule has 5 heteroatoms. The van der Waals surface area contributed by atoms with Gasteiger partial charge in [0.25, 0.3) is 5.91 Å². The molecule has 0 saturated heterocycles. The van der Waals surface area contributed by atoms with Gasteiger partial charge in [0.1, 0.15) is 5.69 Å². The van der Waals surface area contributed by atoms with Gasteiger partial charge in [-0.15, -0.1) is 11.3 Å². The topological polar surface area (TPSA) is 48.1 Å². The maximum atomic E-state index is 12.6. The number of hydrogen-bond acceptors (Lipinski definition) is 3. The van der Waals surface area contributed by atoms with Crippen molar-refractivity contribution >= 4 is 38.2 Å². The number of aromatic amines is 1. The molecule has 0 saturated carbocycles. The molecule has 2 aromatic heterocycles. The van der Waals surface area contributed by atoms with Crippen molar-refractivity contribution in [2.24, 2.45) is 0 Å². The van der Waals surface area contributed by atoms with Crippen LogP contribution in [0.15, 0.2) is 60.0 Å². The summed E-state index contributed by atoms with van der Waals surface area (Å²) >= 11 is 1.75. The summed E-state index contributed by atoms with van der Waals surface area (Å²) in [5.74, 6) is -0.0763. The van der Waals surface area contributed by atoms with Gasteiger partial charge in [0.15, 0.2) is 0 Å². The number of rotatable bonds is 5. The summed E-state index contributed by atoms with van der Waals surface area (Å²) in [6.07, 6.45) is 0. The monoisotopic (exact) mass is 363 g/mol. The third kappa shape index (κ3) is 3.11. The molecule has 0 aliphatic rings. The molecule has 0 aliphatic carbocycles. The molecule has 132 valence electrons. The molecule has 2 heterocycles. The van der Waals surface area contributed by atoms with E-state index in [4.69, 9.17) is 0 Å². The second kappa shape index (κ2) is 6.94. The molecular formula is C21H21N3OS. The zero-order chi connectivity index (χ0) is 18.1. The molecule has 2 N–H and O–H groups in total. The highest BCUT2D eigenvalue weighted by atomic mass is 32.1. The average Bonchev–Trinajstić information content (AvgIpc) is 3.26. The Morgan fingerprint density at radius 1 is 1.15 bits per heavy atom. The van der Waals surface area contributed by atoms with Crippen LogP contribution in [0.2, 0.25) is 0 Å². The Labute approximate surface area is 156 Å². The first-order valence-corrected chi connectivity index (χ1v) is 9.50. The second-order valence-electron chi connectivity index (χ2n) is 6.65. The lowest BCUT2D eigenvalue weighted by molar-refractivity contribution is 0.0938. The predicted molar refractivity (Wildman–Crippen MR) is 109 cm³/mol. The molecule has 0 aliphatic heterocycles. The fraction of sp³-hybridized carbons (Fsp3) is 0.190. The highest BCUT2D eigenvalue weighted by Crippen LogP contribution is 2.32. The largest absolute Gasteiger partial charge is 0.351 e. The van der Waals surface area contributed by atoms with Crippen LogP contribution in [0.5, 0.6) is 0 Å². The molecular weight excluding hydrogens is 342 g/mol. The molecule has 2 aromatic carbocycles. The third-order valence-corrected chi connectivity index (χ3v) is 5.71. The van der Waals surface area contributed by atoms with Crippen LogP contribution in [0, 0.1) is 0 Å². The Balaban J connectivity index is 1.54. The minimum Gasteiger partial charge on any atom is -0.351 e. The summed E-state index contributed by atoms with van der Waals surface area (Å²) in [4.78, 5) is 18.0. The van der Waals surface area contributed by atoms with E-state index >= 15 is 0 Å². The molecule has 0 radical (unpaired) electrons. The summed E-state index contributed by atoms with van der Waals surface area (Å²) in [5, 5.41) is 7.59. The van der Waals surface area contributed by atoms with E-state index in [1.54, 1.807) is 11.3 Å². The first kappa shape index (κ1) is 16.8. The summed E-state index contributed by atoms with van der Waals surface area (Å²) in [6, 6.07) is 18.4. The second-order valence-corrected chi connectivity index (χ2v) is 7.56. The summed E-state index contributed by atoms with van der Waals surface area (Å²) in [5.41, 5.74) is 2.83. The first-order valence-electron chi connectivity index (χ1n) is 8.62. The van der Waals surface area contributed by atoms with Crippen molar-refractivity contribution in [3.8, 4) is 0 Å². The molecule has 4 rings (SSSR count). The number of carbonyl (C=O) groups excluding carboxylic acids is 1. The normalized spacial score (nSPS) is 12.7. The lowest BCUT2D eigenvalue weighted by Gasteiger charge is -2.24. The summed E-state index contributed by atoms with van der Waals surface area (Å²) in [7, 11) is 4.10. The standard InChI is InChI=1S/C21H21N3OS/c1-24(2)19(16-13-26-20-10-6-4-8-15(16)20)12-22-21(25)18-11-14-7-3-5-9-17(14)23-18/h3-11,13,19,23H,12H2,1-2H3,(H,22,25)/t19-/m0/s1. The van der Waals surface area contributed by atoms with Gasteiger partial charge >= 0.3 is 0 Å². The number of fused-ring (bicyclic) bond motifs is 2. The highest BCUT2D eigenvalue weighted by Gasteiger charge is 2.19. The zero-order valence-corrected chi connectivity index (χ0v) is 15.6. The Morgan fingerprint density at radius 3 is 2.73 bits per heavy atom. The minimum atomic E-state index is -0.0763. The molecule has 0 bridgehead atoms. The molecule has 26 heavy (non-hydrogen) atoms. The van der Waals surface area contributed by atoms with Crippen molar-refractivity contribution in [1.29, 1.82) is 0 Å². The van der Waals surface area contributed by atoms with E-state index in [9.17, 15) is 4.79 Å². The maximum Gasteiger partial charge on any atom is 0.267 e. The van der Waals surface area contributed by atoms with Crippen molar-refractivity contribution in [3.05, 3.63) is 71.2 Å². The van der Waals surface area contributed by atoms with E-state index in [-0.39, 0.29) is 11.9 Å².